The van der Waals surface area contributed by atoms with Crippen molar-refractivity contribution in [3.63, 3.8) is 0 Å². The van der Waals surface area contributed by atoms with Crippen molar-refractivity contribution in [1.82, 2.24) is 0 Å². The second-order valence-corrected chi connectivity index (χ2v) is 10.5. The number of hydrogen-bond donors (Lipinski definition) is 2. The van der Waals surface area contributed by atoms with Gasteiger partial charge in [0.2, 0.25) is 0 Å². The molecule has 8 nitrogen and oxygen atoms in total. The van der Waals surface area contributed by atoms with E-state index >= 15 is 0 Å². The van der Waals surface area contributed by atoms with E-state index in [0.29, 0.717) is 0 Å². The van der Waals surface area contributed by atoms with Crippen LogP contribution in [0.25, 0.3) is 0 Å². The number of carbonyl (C=O) groups is 4. The van der Waals surface area contributed by atoms with Gasteiger partial charge in [-0.2, -0.15) is 0 Å². The maximum atomic E-state index is 11.6. The molecule has 0 aromatic heterocycles. The zero-order valence-electron chi connectivity index (χ0n) is 20.3. The Morgan fingerprint density at radius 2 is 0.667 bits per heavy atom. The van der Waals surface area contributed by atoms with Gasteiger partial charge in [0.15, 0.2) is 0 Å². The topological polar surface area (TPSA) is 105 Å². The third-order valence-corrected chi connectivity index (χ3v) is 4.13. The summed E-state index contributed by atoms with van der Waals surface area (Å²) in [4.78, 5) is 46.3. The van der Waals surface area contributed by atoms with Gasteiger partial charge in [-0.25, -0.2) is 25.3 Å². The van der Waals surface area contributed by atoms with Gasteiger partial charge in [0.1, 0.15) is 11.8 Å². The van der Waals surface area contributed by atoms with Gasteiger partial charge in [0, 0.05) is 0 Å². The second kappa shape index (κ2) is 19.1. The summed E-state index contributed by atoms with van der Waals surface area (Å²) in [6.45, 7) is 13.6. The van der Waals surface area contributed by atoms with E-state index in [1.165, 1.54) is 0 Å². The van der Waals surface area contributed by atoms with Crippen molar-refractivity contribution in [2.24, 2.45) is 11.8 Å². The van der Waals surface area contributed by atoms with E-state index in [1.807, 2.05) is 0 Å². The van der Waals surface area contributed by atoms with Crippen molar-refractivity contribution in [2.75, 3.05) is 0 Å². The van der Waals surface area contributed by atoms with Crippen molar-refractivity contribution in [2.45, 2.75) is 89.0 Å². The molecule has 0 aromatic rings. The van der Waals surface area contributed by atoms with Crippen molar-refractivity contribution in [3.05, 3.63) is 0 Å². The zero-order chi connectivity index (χ0) is 25.8. The van der Waals surface area contributed by atoms with Crippen LogP contribution in [0.15, 0.2) is 0 Å². The molecule has 2 atom stereocenters. The average Bonchev–Trinajstić information content (AvgIpc) is 2.51. The molecule has 0 heterocycles. The van der Waals surface area contributed by atoms with E-state index in [-0.39, 0.29) is 43.9 Å². The Morgan fingerprint density at radius 1 is 0.515 bits per heavy atom. The number of rotatable bonds is 10. The monoisotopic (exact) mass is 594 g/mol. The minimum Gasteiger partial charge on any atom is -0.777 e. The van der Waals surface area contributed by atoms with E-state index in [2.05, 4.69) is 25.3 Å². The van der Waals surface area contributed by atoms with Gasteiger partial charge in [-0.05, 0) is 55.4 Å². The van der Waals surface area contributed by atoms with Crippen LogP contribution in [-0.2, 0) is 82.9 Å². The predicted molar refractivity (Wildman–Crippen MR) is 132 cm³/mol. The van der Waals surface area contributed by atoms with Crippen LogP contribution in [0.4, 0.5) is 0 Å². The molecule has 0 aromatic carbocycles. The molecule has 0 amide bonds. The van der Waals surface area contributed by atoms with Crippen molar-refractivity contribution < 1.29 is 57.6 Å². The van der Waals surface area contributed by atoms with Crippen LogP contribution in [0.1, 0.15) is 55.4 Å². The standard InChI is InChI=1S/2C10H18O4S2.Zn/c2*1-5(2)13-8(11)7(10(15)16)9(12)14-6(3)4;/h2*5-7,10,15-16H,1-4H3;/q;;+2/p-2. The molecule has 0 radical (unpaired) electrons. The first-order valence-electron chi connectivity index (χ1n) is 10.0. The fourth-order valence-corrected chi connectivity index (χ4v) is 2.81. The number of esters is 4. The summed E-state index contributed by atoms with van der Waals surface area (Å²) in [5, 5.41) is 0. The minimum absolute atomic E-state index is 0. The maximum absolute atomic E-state index is 11.6. The molecule has 0 rings (SSSR count). The third kappa shape index (κ3) is 17.9. The normalized spacial score (nSPS) is 12.7. The van der Waals surface area contributed by atoms with Gasteiger partial charge in [-0.3, -0.25) is 19.2 Å². The Bertz CT molecular complexity index is 517. The van der Waals surface area contributed by atoms with Crippen LogP contribution in [0, 0.1) is 11.8 Å². The smallest absolute Gasteiger partial charge is 0.777 e. The molecule has 0 bridgehead atoms. The van der Waals surface area contributed by atoms with Crippen LogP contribution in [0.5, 0.6) is 0 Å². The van der Waals surface area contributed by atoms with Crippen LogP contribution >= 0.6 is 25.3 Å². The van der Waals surface area contributed by atoms with Crippen LogP contribution in [0.2, 0.25) is 0 Å². The summed E-state index contributed by atoms with van der Waals surface area (Å²) >= 11 is 17.5. The molecule has 0 fully saturated rings. The Kier molecular flexibility index (Phi) is 21.7. The van der Waals surface area contributed by atoms with E-state index in [9.17, 15) is 19.2 Å². The van der Waals surface area contributed by atoms with E-state index in [0.717, 1.165) is 0 Å². The first-order chi connectivity index (χ1) is 14.5. The fraction of sp³-hybridized carbons (Fsp3) is 0.800. The molecule has 0 aliphatic carbocycles. The number of thiol groups is 2. The van der Waals surface area contributed by atoms with Crippen molar-refractivity contribution in [3.8, 4) is 0 Å². The van der Waals surface area contributed by atoms with Gasteiger partial charge in [0.25, 0.3) is 0 Å². The van der Waals surface area contributed by atoms with Gasteiger partial charge < -0.3 is 44.2 Å². The summed E-state index contributed by atoms with van der Waals surface area (Å²) in [6.07, 6.45) is -1.21. The summed E-state index contributed by atoms with van der Waals surface area (Å²) in [5.74, 6) is -5.04. The predicted octanol–water partition coefficient (Wildman–Crippen LogP) is 2.61. The number of hydrogen-bond acceptors (Lipinski definition) is 12. The Morgan fingerprint density at radius 3 is 0.758 bits per heavy atom. The quantitative estimate of drug-likeness (QED) is 0.0978. The number of ether oxygens (including phenoxy) is 4. The van der Waals surface area contributed by atoms with Crippen molar-refractivity contribution >= 4 is 74.4 Å². The second-order valence-electron chi connectivity index (χ2n) is 7.68. The Labute approximate surface area is 231 Å². The fourth-order valence-electron chi connectivity index (χ4n) is 1.88. The van der Waals surface area contributed by atoms with Crippen LogP contribution in [-0.4, -0.2) is 57.5 Å². The molecule has 0 saturated carbocycles. The molecular weight excluding hydrogens is 562 g/mol. The summed E-state index contributed by atoms with van der Waals surface area (Å²) < 4.78 is 18.0. The Balaban J connectivity index is -0.000000529. The molecule has 33 heavy (non-hydrogen) atoms. The minimum atomic E-state index is -1.15. The van der Waals surface area contributed by atoms with Crippen molar-refractivity contribution in [1.29, 1.82) is 0 Å². The summed E-state index contributed by atoms with van der Waals surface area (Å²) in [7, 11) is 0. The molecule has 0 saturated heterocycles. The largest absolute Gasteiger partial charge is 2.00 e. The van der Waals surface area contributed by atoms with Crippen LogP contribution < -0.4 is 0 Å². The zero-order valence-corrected chi connectivity index (χ0v) is 26.7. The molecule has 188 valence electrons. The molecule has 0 spiro atoms. The molecular formula is C20H34O8S4Zn. The molecule has 0 aliphatic heterocycles. The summed E-state index contributed by atoms with van der Waals surface area (Å²) in [5.41, 5.74) is 0. The molecule has 13 heteroatoms. The Hall–Kier alpha value is -0.0966. The first-order valence-corrected chi connectivity index (χ1v) is 12.0. The van der Waals surface area contributed by atoms with Gasteiger partial charge in [-0.15, -0.1) is 0 Å². The molecule has 2 unspecified atom stereocenters. The number of carbonyl (C=O) groups excluding carboxylic acids is 4. The van der Waals surface area contributed by atoms with Crippen LogP contribution in [0.3, 0.4) is 0 Å². The van der Waals surface area contributed by atoms with Gasteiger partial charge in [-0.1, -0.05) is 9.16 Å². The van der Waals surface area contributed by atoms with E-state index < -0.39 is 44.9 Å². The van der Waals surface area contributed by atoms with E-state index in [1.54, 1.807) is 55.4 Å². The summed E-state index contributed by atoms with van der Waals surface area (Å²) in [6, 6.07) is 0. The van der Waals surface area contributed by atoms with Gasteiger partial charge >= 0.3 is 43.4 Å². The van der Waals surface area contributed by atoms with Gasteiger partial charge in [0.05, 0.1) is 24.4 Å². The molecule has 0 aliphatic rings. The molecule has 0 N–H and O–H groups in total. The maximum Gasteiger partial charge on any atom is 2.00 e. The first kappa shape index (κ1) is 37.5. The third-order valence-electron chi connectivity index (χ3n) is 2.99. The van der Waals surface area contributed by atoms with E-state index in [4.69, 9.17) is 44.2 Å². The average molecular weight is 596 g/mol. The SMILES string of the molecule is CC(C)OC(=O)C(C(=O)OC(C)C)C([S-])S.CC(C)OC(=O)C(C(=O)OC(C)C)C([S-])S.[Zn+2].